The van der Waals surface area contributed by atoms with Crippen LogP contribution in [0.2, 0.25) is 0 Å². The Morgan fingerprint density at radius 3 is 2.71 bits per heavy atom. The number of benzene rings is 2. The molecule has 0 saturated heterocycles. The molecule has 4 nitrogen and oxygen atoms in total. The van der Waals surface area contributed by atoms with Crippen LogP contribution >= 0.6 is 0 Å². The summed E-state index contributed by atoms with van der Waals surface area (Å²) >= 11 is 0. The molecule has 2 aromatic carbocycles. The van der Waals surface area contributed by atoms with Crippen LogP contribution in [0.25, 0.3) is 23.2 Å². The van der Waals surface area contributed by atoms with E-state index >= 15 is 0 Å². The lowest BCUT2D eigenvalue weighted by Crippen LogP contribution is -2.03. The fourth-order valence-corrected chi connectivity index (χ4v) is 2.11. The van der Waals surface area contributed by atoms with E-state index in [0.717, 1.165) is 22.4 Å². The summed E-state index contributed by atoms with van der Waals surface area (Å²) in [5.41, 5.74) is 3.14. The number of carbonyl (C=O) groups is 1. The maximum absolute atomic E-state index is 11.5. The zero-order valence-electron chi connectivity index (χ0n) is 11.3. The number of carbonyl (C=O) groups excluding carboxylic acids is 1. The molecular formula is C17H14N2O2. The van der Waals surface area contributed by atoms with Crippen LogP contribution in [0.3, 0.4) is 0 Å². The number of aliphatic hydroxyl groups excluding tert-OH is 1. The number of nitrogens with zero attached hydrogens (tertiary/aromatic N) is 1. The minimum atomic E-state index is -0.486. The molecule has 1 heterocycles. The smallest absolute Gasteiger partial charge is 0.188 e. The largest absolute Gasteiger partial charge is 0.388 e. The van der Waals surface area contributed by atoms with Gasteiger partial charge in [0.15, 0.2) is 5.78 Å². The maximum Gasteiger partial charge on any atom is 0.188 e. The second-order valence-electron chi connectivity index (χ2n) is 4.68. The molecule has 0 spiro atoms. The fourth-order valence-electron chi connectivity index (χ4n) is 2.11. The molecule has 104 valence electrons. The van der Waals surface area contributed by atoms with Gasteiger partial charge in [0.05, 0.1) is 11.0 Å². The summed E-state index contributed by atoms with van der Waals surface area (Å²) < 4.78 is 0. The number of imidazole rings is 1. The van der Waals surface area contributed by atoms with Crippen LogP contribution in [-0.2, 0) is 0 Å². The van der Waals surface area contributed by atoms with Crippen LogP contribution in [0.5, 0.6) is 0 Å². The maximum atomic E-state index is 11.5. The number of H-pyrrole nitrogens is 1. The first-order valence-corrected chi connectivity index (χ1v) is 6.63. The van der Waals surface area contributed by atoms with E-state index < -0.39 is 6.61 Å². The summed E-state index contributed by atoms with van der Waals surface area (Å²) in [6.07, 6.45) is 3.86. The number of nitrogens with one attached hydrogen (secondary N) is 1. The van der Waals surface area contributed by atoms with Crippen molar-refractivity contribution in [3.63, 3.8) is 0 Å². The monoisotopic (exact) mass is 278 g/mol. The van der Waals surface area contributed by atoms with E-state index in [0.29, 0.717) is 5.56 Å². The van der Waals surface area contributed by atoms with Crippen LogP contribution in [0.4, 0.5) is 0 Å². The van der Waals surface area contributed by atoms with Crippen molar-refractivity contribution in [1.29, 1.82) is 0 Å². The van der Waals surface area contributed by atoms with E-state index in [1.54, 1.807) is 18.2 Å². The van der Waals surface area contributed by atoms with Crippen molar-refractivity contribution in [3.8, 4) is 0 Å². The Balaban J connectivity index is 1.91. The van der Waals surface area contributed by atoms with Crippen molar-refractivity contribution in [2.75, 3.05) is 6.61 Å². The van der Waals surface area contributed by atoms with Gasteiger partial charge in [-0.1, -0.05) is 36.4 Å². The number of Topliss-reactive ketones (excluding diaryl/α,β-unsaturated/α-hetero) is 1. The Morgan fingerprint density at radius 2 is 1.95 bits per heavy atom. The molecule has 3 rings (SSSR count). The minimum absolute atomic E-state index is 0.298. The summed E-state index contributed by atoms with van der Waals surface area (Å²) in [5.74, 6) is 0.426. The molecular weight excluding hydrogens is 264 g/mol. The van der Waals surface area contributed by atoms with Crippen LogP contribution in [-0.4, -0.2) is 27.5 Å². The molecule has 2 N–H and O–H groups in total. The van der Waals surface area contributed by atoms with Crippen molar-refractivity contribution in [2.45, 2.75) is 0 Å². The predicted octanol–water partition coefficient (Wildman–Crippen LogP) is 2.91. The lowest BCUT2D eigenvalue weighted by molar-refractivity contribution is 0.0904. The summed E-state index contributed by atoms with van der Waals surface area (Å²) in [4.78, 5) is 19.1. The number of ketones is 1. The lowest BCUT2D eigenvalue weighted by atomic mass is 10.1. The van der Waals surface area contributed by atoms with Gasteiger partial charge in [-0.15, -0.1) is 0 Å². The third-order valence-electron chi connectivity index (χ3n) is 3.20. The van der Waals surface area contributed by atoms with E-state index in [2.05, 4.69) is 9.97 Å². The topological polar surface area (TPSA) is 66.0 Å². The number of hydrogen-bond donors (Lipinski definition) is 2. The van der Waals surface area contributed by atoms with Crippen LogP contribution in [0.15, 0.2) is 48.5 Å². The Labute approximate surface area is 121 Å². The quantitative estimate of drug-likeness (QED) is 0.721. The van der Waals surface area contributed by atoms with Gasteiger partial charge in [0, 0.05) is 5.56 Å². The Morgan fingerprint density at radius 1 is 1.14 bits per heavy atom. The molecule has 0 saturated carbocycles. The third-order valence-corrected chi connectivity index (χ3v) is 3.20. The van der Waals surface area contributed by atoms with Gasteiger partial charge in [-0.05, 0) is 29.8 Å². The summed E-state index contributed by atoms with van der Waals surface area (Å²) in [5, 5.41) is 8.89. The minimum Gasteiger partial charge on any atom is -0.388 e. The first-order chi connectivity index (χ1) is 10.3. The van der Waals surface area contributed by atoms with Crippen molar-refractivity contribution in [1.82, 2.24) is 9.97 Å². The van der Waals surface area contributed by atoms with Gasteiger partial charge in [0.25, 0.3) is 0 Å². The van der Waals surface area contributed by atoms with Gasteiger partial charge < -0.3 is 10.1 Å². The Kier molecular flexibility index (Phi) is 3.62. The molecule has 0 bridgehead atoms. The van der Waals surface area contributed by atoms with Crippen molar-refractivity contribution >= 4 is 29.0 Å². The fraction of sp³-hybridized carbons (Fsp3) is 0.0588. The molecule has 1 aromatic heterocycles. The molecule has 21 heavy (non-hydrogen) atoms. The molecule has 0 aliphatic carbocycles. The SMILES string of the molecule is O=C(CO)c1ccc2nc(/C=C/c3ccccc3)[nH]c2c1. The zero-order chi connectivity index (χ0) is 14.7. The first-order valence-electron chi connectivity index (χ1n) is 6.63. The standard InChI is InChI=1S/C17H14N2O2/c20-11-16(21)13-7-8-14-15(10-13)19-17(18-14)9-6-12-4-2-1-3-5-12/h1-10,20H,11H2,(H,18,19)/b9-6+. The number of hydrogen-bond acceptors (Lipinski definition) is 3. The Hall–Kier alpha value is -2.72. The summed E-state index contributed by atoms with van der Waals surface area (Å²) in [6.45, 7) is -0.486. The number of fused-ring (bicyclic) bond motifs is 1. The van der Waals surface area contributed by atoms with Crippen LogP contribution in [0, 0.1) is 0 Å². The molecule has 0 aliphatic rings. The predicted molar refractivity (Wildman–Crippen MR) is 82.9 cm³/mol. The van der Waals surface area contributed by atoms with Crippen molar-refractivity contribution < 1.29 is 9.90 Å². The number of aromatic nitrogens is 2. The average Bonchev–Trinajstić information content (AvgIpc) is 2.95. The van der Waals surface area contributed by atoms with Gasteiger partial charge in [-0.25, -0.2) is 4.98 Å². The average molecular weight is 278 g/mol. The van der Waals surface area contributed by atoms with E-state index in [4.69, 9.17) is 5.11 Å². The van der Waals surface area contributed by atoms with Crippen LogP contribution < -0.4 is 0 Å². The van der Waals surface area contributed by atoms with Crippen molar-refractivity contribution in [2.24, 2.45) is 0 Å². The lowest BCUT2D eigenvalue weighted by Gasteiger charge is -1.95. The molecule has 0 amide bonds. The highest BCUT2D eigenvalue weighted by atomic mass is 16.3. The highest BCUT2D eigenvalue weighted by molar-refractivity contribution is 5.99. The van der Waals surface area contributed by atoms with E-state index in [1.807, 2.05) is 42.5 Å². The summed E-state index contributed by atoms with van der Waals surface area (Å²) in [6, 6.07) is 15.1. The first kappa shape index (κ1) is 13.3. The zero-order valence-corrected chi connectivity index (χ0v) is 11.3. The van der Waals surface area contributed by atoms with E-state index in [9.17, 15) is 4.79 Å². The number of aliphatic hydroxyl groups is 1. The Bertz CT molecular complexity index is 804. The molecule has 0 fully saturated rings. The van der Waals surface area contributed by atoms with Gasteiger partial charge in [0.2, 0.25) is 0 Å². The van der Waals surface area contributed by atoms with Crippen LogP contribution in [0.1, 0.15) is 21.7 Å². The molecule has 4 heteroatoms. The van der Waals surface area contributed by atoms with Gasteiger partial charge >= 0.3 is 0 Å². The van der Waals surface area contributed by atoms with Gasteiger partial charge in [0.1, 0.15) is 12.4 Å². The normalized spacial score (nSPS) is 11.3. The molecule has 0 radical (unpaired) electrons. The van der Waals surface area contributed by atoms with Gasteiger partial charge in [-0.3, -0.25) is 4.79 Å². The summed E-state index contributed by atoms with van der Waals surface area (Å²) in [7, 11) is 0. The second kappa shape index (κ2) is 5.73. The molecule has 3 aromatic rings. The third kappa shape index (κ3) is 2.90. The number of rotatable bonds is 4. The van der Waals surface area contributed by atoms with Crippen molar-refractivity contribution in [3.05, 3.63) is 65.5 Å². The second-order valence-corrected chi connectivity index (χ2v) is 4.68. The number of aromatic amines is 1. The highest BCUT2D eigenvalue weighted by Gasteiger charge is 2.07. The van der Waals surface area contributed by atoms with E-state index in [1.165, 1.54) is 0 Å². The molecule has 0 aliphatic heterocycles. The van der Waals surface area contributed by atoms with Gasteiger partial charge in [-0.2, -0.15) is 0 Å². The highest BCUT2D eigenvalue weighted by Crippen LogP contribution is 2.15. The molecule has 0 atom stereocenters. The van der Waals surface area contributed by atoms with E-state index in [-0.39, 0.29) is 5.78 Å². The molecule has 0 unspecified atom stereocenters.